The van der Waals surface area contributed by atoms with Crippen molar-refractivity contribution < 1.29 is 49.0 Å². The van der Waals surface area contributed by atoms with Crippen LogP contribution < -0.4 is 5.73 Å². The molecule has 3 saturated heterocycles. The van der Waals surface area contributed by atoms with Crippen LogP contribution in [-0.4, -0.2) is 100 Å². The molecule has 0 spiro atoms. The molecule has 0 aromatic carbocycles. The average Bonchev–Trinajstić information content (AvgIpc) is 3.40. The van der Waals surface area contributed by atoms with Crippen molar-refractivity contribution >= 4 is 28.9 Å². The number of anilines is 1. The molecule has 6 N–H and O–H groups in total. The number of carbonyl (C=O) groups excluding carboxylic acids is 1. The Labute approximate surface area is 203 Å². The van der Waals surface area contributed by atoms with Crippen LogP contribution in [0.4, 0.5) is 5.82 Å². The third kappa shape index (κ3) is 3.63. The van der Waals surface area contributed by atoms with E-state index in [9.17, 15) is 30.0 Å². The Morgan fingerprint density at radius 3 is 2.69 bits per heavy atom. The number of fused-ring (bicyclic) bond motifs is 3. The predicted octanol–water partition coefficient (Wildman–Crippen LogP) is -1.76. The summed E-state index contributed by atoms with van der Waals surface area (Å²) in [5.74, 6) is -4.78. The van der Waals surface area contributed by atoms with Crippen molar-refractivity contribution in [3.63, 3.8) is 0 Å². The van der Waals surface area contributed by atoms with E-state index < -0.39 is 66.7 Å². The van der Waals surface area contributed by atoms with E-state index in [1.807, 2.05) is 0 Å². The monoisotopic (exact) mass is 507 g/mol. The van der Waals surface area contributed by atoms with Gasteiger partial charge in [0.05, 0.1) is 12.4 Å². The van der Waals surface area contributed by atoms with Gasteiger partial charge in [-0.3, -0.25) is 4.57 Å². The van der Waals surface area contributed by atoms with Crippen LogP contribution in [0, 0.1) is 0 Å². The smallest absolute Gasteiger partial charge is 0.335 e. The lowest BCUT2D eigenvalue weighted by Crippen LogP contribution is -2.73. The van der Waals surface area contributed by atoms with Gasteiger partial charge in [0.1, 0.15) is 36.3 Å². The first-order chi connectivity index (χ1) is 17.1. The van der Waals surface area contributed by atoms with Crippen LogP contribution in [0.2, 0.25) is 0 Å². The standard InChI is InChI=1S/C21H25N5O10/c1-3-7(2)20(31)35-15-11(27)14(19(29)30)34-9-4-8-13(36-21(9,15)32)12(28)18(33-8)26-6-25-10-16(22)23-5-24-17(10)26/h3,5-6,8-9,11-15,18,27-28,32H,4H2,1-2H3,(H,29,30)(H2,22,23,24)/b7-3+/t8-,9-,11-,12-,13+,14+,15+,18-,21-/m1/s1. The molecule has 0 unspecified atom stereocenters. The third-order valence-corrected chi connectivity index (χ3v) is 6.77. The van der Waals surface area contributed by atoms with E-state index in [1.165, 1.54) is 30.2 Å². The molecule has 2 aromatic heterocycles. The van der Waals surface area contributed by atoms with Gasteiger partial charge in [-0.1, -0.05) is 6.08 Å². The lowest BCUT2D eigenvalue weighted by molar-refractivity contribution is -0.396. The minimum atomic E-state index is -2.49. The second-order valence-electron chi connectivity index (χ2n) is 8.88. The maximum absolute atomic E-state index is 12.5. The summed E-state index contributed by atoms with van der Waals surface area (Å²) in [6, 6.07) is 0. The zero-order valence-corrected chi connectivity index (χ0v) is 19.2. The number of ether oxygens (including phenoxy) is 4. The topological polar surface area (TPSA) is 222 Å². The molecule has 5 heterocycles. The molecular formula is C21H25N5O10. The van der Waals surface area contributed by atoms with Gasteiger partial charge in [-0.05, 0) is 13.8 Å². The first kappa shape index (κ1) is 24.5. The maximum atomic E-state index is 12.5. The quantitative estimate of drug-likeness (QED) is 0.228. The number of aromatic nitrogens is 4. The molecule has 15 heteroatoms. The Kier molecular flexibility index (Phi) is 5.93. The minimum absolute atomic E-state index is 0.128. The summed E-state index contributed by atoms with van der Waals surface area (Å²) in [4.78, 5) is 36.4. The molecular weight excluding hydrogens is 482 g/mol. The van der Waals surface area contributed by atoms with Crippen LogP contribution in [-0.2, 0) is 28.5 Å². The molecule has 0 amide bonds. The van der Waals surface area contributed by atoms with E-state index in [0.29, 0.717) is 5.52 Å². The number of esters is 1. The summed E-state index contributed by atoms with van der Waals surface area (Å²) in [7, 11) is 0. The van der Waals surface area contributed by atoms with Crippen molar-refractivity contribution in [1.29, 1.82) is 0 Å². The van der Waals surface area contributed by atoms with Crippen LogP contribution in [0.3, 0.4) is 0 Å². The van der Waals surface area contributed by atoms with E-state index in [2.05, 4.69) is 15.0 Å². The zero-order valence-electron chi connectivity index (χ0n) is 19.2. The predicted molar refractivity (Wildman–Crippen MR) is 116 cm³/mol. The number of nitrogens with zero attached hydrogens (tertiary/aromatic N) is 4. The minimum Gasteiger partial charge on any atom is -0.479 e. The first-order valence-electron chi connectivity index (χ1n) is 11.1. The van der Waals surface area contributed by atoms with Crippen molar-refractivity contribution in [2.24, 2.45) is 0 Å². The Balaban J connectivity index is 1.47. The fourth-order valence-corrected chi connectivity index (χ4v) is 4.76. The molecule has 0 saturated carbocycles. The number of rotatable bonds is 4. The van der Waals surface area contributed by atoms with Crippen molar-refractivity contribution in [2.45, 2.75) is 75.0 Å². The number of carboxylic acids is 1. The highest BCUT2D eigenvalue weighted by Gasteiger charge is 2.66. The Morgan fingerprint density at radius 1 is 1.25 bits per heavy atom. The van der Waals surface area contributed by atoms with Gasteiger partial charge in [-0.25, -0.2) is 24.5 Å². The number of aliphatic carboxylic acids is 1. The van der Waals surface area contributed by atoms with Gasteiger partial charge in [-0.2, -0.15) is 0 Å². The van der Waals surface area contributed by atoms with Gasteiger partial charge in [0, 0.05) is 12.0 Å². The van der Waals surface area contributed by atoms with Gasteiger partial charge in [-0.15, -0.1) is 0 Å². The first-order valence-corrected chi connectivity index (χ1v) is 11.1. The number of aliphatic hydroxyl groups is 3. The average molecular weight is 507 g/mol. The summed E-state index contributed by atoms with van der Waals surface area (Å²) in [5.41, 5.74) is 6.57. The number of aliphatic hydroxyl groups excluding tert-OH is 2. The van der Waals surface area contributed by atoms with Crippen molar-refractivity contribution in [3.8, 4) is 0 Å². The summed E-state index contributed by atoms with van der Waals surface area (Å²) in [6.45, 7) is 3.04. The van der Waals surface area contributed by atoms with Crippen LogP contribution in [0.1, 0.15) is 26.5 Å². The van der Waals surface area contributed by atoms with Crippen LogP contribution in [0.15, 0.2) is 24.3 Å². The van der Waals surface area contributed by atoms with Crippen molar-refractivity contribution in [1.82, 2.24) is 19.5 Å². The molecule has 9 atom stereocenters. The van der Waals surface area contributed by atoms with Crippen LogP contribution >= 0.6 is 0 Å². The fourth-order valence-electron chi connectivity index (χ4n) is 4.76. The number of carbonyl (C=O) groups is 2. The number of nitrogens with two attached hydrogens (primary N) is 1. The van der Waals surface area contributed by atoms with E-state index >= 15 is 0 Å². The highest BCUT2D eigenvalue weighted by Crippen LogP contribution is 2.47. The van der Waals surface area contributed by atoms with Gasteiger partial charge in [0.15, 0.2) is 29.9 Å². The van der Waals surface area contributed by atoms with Crippen LogP contribution in [0.5, 0.6) is 0 Å². The lowest BCUT2D eigenvalue weighted by atomic mass is 9.84. The second-order valence-corrected chi connectivity index (χ2v) is 8.88. The molecule has 36 heavy (non-hydrogen) atoms. The molecule has 0 bridgehead atoms. The number of imidazole rings is 1. The summed E-state index contributed by atoms with van der Waals surface area (Å²) in [5, 5.41) is 42.8. The molecule has 0 radical (unpaired) electrons. The van der Waals surface area contributed by atoms with Crippen molar-refractivity contribution in [3.05, 3.63) is 24.3 Å². The SMILES string of the molecule is C/C=C(\C)C(=O)O[C@H]1[C@H](O)[C@@H](C(=O)O)O[C@@H]2C[C@H]3O[C@@H](n4cnc5c(N)ncnc54)[C@H](O)[C@H]3O[C@]21O. The van der Waals surface area contributed by atoms with Gasteiger partial charge in [0.2, 0.25) is 5.79 Å². The summed E-state index contributed by atoms with van der Waals surface area (Å²) < 4.78 is 24.0. The number of hydrogen-bond acceptors (Lipinski definition) is 13. The van der Waals surface area contributed by atoms with E-state index in [1.54, 1.807) is 6.92 Å². The Bertz CT molecular complexity index is 1230. The molecule has 2 aromatic rings. The normalized spacial score (nSPS) is 38.4. The molecule has 5 rings (SSSR count). The second kappa shape index (κ2) is 8.72. The lowest BCUT2D eigenvalue weighted by Gasteiger charge is -2.52. The number of nitrogen functional groups attached to an aromatic ring is 1. The largest absolute Gasteiger partial charge is 0.479 e. The molecule has 194 valence electrons. The van der Waals surface area contributed by atoms with E-state index in [0.717, 1.165) is 0 Å². The number of hydrogen-bond donors (Lipinski definition) is 5. The maximum Gasteiger partial charge on any atom is 0.335 e. The Hall–Kier alpha value is -3.21. The summed E-state index contributed by atoms with van der Waals surface area (Å²) in [6.07, 6.45) is -7.62. The Morgan fingerprint density at radius 2 is 2.00 bits per heavy atom. The highest BCUT2D eigenvalue weighted by atomic mass is 16.7. The highest BCUT2D eigenvalue weighted by molar-refractivity contribution is 5.88. The number of carboxylic acid groups (broad SMARTS) is 1. The zero-order chi connectivity index (χ0) is 25.9. The van der Waals surface area contributed by atoms with Gasteiger partial charge in [0.25, 0.3) is 0 Å². The molecule has 3 aliphatic rings. The molecule has 3 fully saturated rings. The third-order valence-electron chi connectivity index (χ3n) is 6.77. The summed E-state index contributed by atoms with van der Waals surface area (Å²) >= 11 is 0. The van der Waals surface area contributed by atoms with E-state index in [4.69, 9.17) is 24.7 Å². The molecule has 3 aliphatic heterocycles. The van der Waals surface area contributed by atoms with Crippen molar-refractivity contribution in [2.75, 3.05) is 5.73 Å². The number of allylic oxidation sites excluding steroid dienone is 1. The van der Waals surface area contributed by atoms with Crippen LogP contribution in [0.25, 0.3) is 11.2 Å². The molecule has 0 aliphatic carbocycles. The van der Waals surface area contributed by atoms with Gasteiger partial charge >= 0.3 is 11.9 Å². The molecule has 15 nitrogen and oxygen atoms in total. The fraction of sp³-hybridized carbons (Fsp3) is 0.571. The van der Waals surface area contributed by atoms with Gasteiger partial charge < -0.3 is 45.1 Å². The van der Waals surface area contributed by atoms with E-state index in [-0.39, 0.29) is 23.5 Å².